The van der Waals surface area contributed by atoms with Gasteiger partial charge in [0.25, 0.3) is 0 Å². The van der Waals surface area contributed by atoms with Crippen molar-refractivity contribution in [2.75, 3.05) is 0 Å². The maximum absolute atomic E-state index is 2.88. The molecule has 0 aromatic carbocycles. The minimum absolute atomic E-state index is 0.789. The number of hydrogen-bond acceptors (Lipinski definition) is 0. The van der Waals surface area contributed by atoms with Gasteiger partial charge in [-0.1, -0.05) is 5.92 Å². The average molecular weight is 105 g/mol. The van der Waals surface area contributed by atoms with Crippen molar-refractivity contribution in [3.63, 3.8) is 0 Å². The van der Waals surface area contributed by atoms with Crippen LogP contribution in [0.25, 0.3) is 0 Å². The van der Waals surface area contributed by atoms with Crippen LogP contribution in [0.1, 0.15) is 20.3 Å². The van der Waals surface area contributed by atoms with Gasteiger partial charge in [-0.3, -0.25) is 0 Å². The Bertz CT molecular complexity index is 124. The zero-order valence-corrected chi connectivity index (χ0v) is 5.28. The van der Waals surface area contributed by atoms with Gasteiger partial charge in [0.05, 0.1) is 0 Å². The van der Waals surface area contributed by atoms with Crippen LogP contribution in [0, 0.1) is 30.1 Å². The molecular weight excluding hydrogens is 96.1 g/mol. The molecule has 0 N–H and O–H groups in total. The first-order chi connectivity index (χ1) is 3.91. The van der Waals surface area contributed by atoms with E-state index in [9.17, 15) is 0 Å². The highest BCUT2D eigenvalue weighted by Crippen LogP contribution is 1.79. The Morgan fingerprint density at radius 1 is 1.25 bits per heavy atom. The fourth-order valence-corrected chi connectivity index (χ4v) is 0.306. The van der Waals surface area contributed by atoms with Crippen LogP contribution in [-0.2, 0) is 0 Å². The van der Waals surface area contributed by atoms with Crippen molar-refractivity contribution < 1.29 is 0 Å². The molecule has 0 aromatic heterocycles. The third-order valence-electron chi connectivity index (χ3n) is 0.627. The van der Waals surface area contributed by atoms with E-state index in [-0.39, 0.29) is 0 Å². The van der Waals surface area contributed by atoms with Crippen LogP contribution in [0.15, 0.2) is 0 Å². The van der Waals surface area contributed by atoms with Gasteiger partial charge in [0.1, 0.15) is 0 Å². The van der Waals surface area contributed by atoms with Crippen molar-refractivity contribution in [2.45, 2.75) is 20.3 Å². The molecule has 0 aliphatic carbocycles. The minimum atomic E-state index is 0.789. The van der Waals surface area contributed by atoms with Crippen molar-refractivity contribution in [1.29, 1.82) is 0 Å². The van der Waals surface area contributed by atoms with E-state index >= 15 is 0 Å². The van der Waals surface area contributed by atoms with E-state index in [0.717, 1.165) is 6.42 Å². The van der Waals surface area contributed by atoms with E-state index < -0.39 is 0 Å². The Kier molecular flexibility index (Phi) is 5.45. The van der Waals surface area contributed by atoms with Gasteiger partial charge >= 0.3 is 0 Å². The topological polar surface area (TPSA) is 0 Å². The fourth-order valence-electron chi connectivity index (χ4n) is 0.306. The highest BCUT2D eigenvalue weighted by molar-refractivity contribution is 5.13. The molecule has 0 aliphatic rings. The van der Waals surface area contributed by atoms with E-state index in [1.807, 2.05) is 20.3 Å². The predicted molar refractivity (Wildman–Crippen MR) is 35.8 cm³/mol. The summed E-state index contributed by atoms with van der Waals surface area (Å²) in [5.74, 6) is 11.2. The van der Waals surface area contributed by atoms with Crippen molar-refractivity contribution in [3.05, 3.63) is 6.42 Å². The van der Waals surface area contributed by atoms with E-state index in [0.29, 0.717) is 0 Å². The number of unbranched alkanes of at least 4 members (excludes halogenated alkanes) is 1. The molecule has 0 saturated heterocycles. The van der Waals surface area contributed by atoms with Gasteiger partial charge in [-0.25, -0.2) is 0 Å². The lowest BCUT2D eigenvalue weighted by atomic mass is 10.3. The molecule has 0 heteroatoms. The first-order valence-electron chi connectivity index (χ1n) is 2.55. The molecule has 0 rings (SSSR count). The second-order valence-electron chi connectivity index (χ2n) is 1.23. The molecule has 0 bridgehead atoms. The Labute approximate surface area is 51.3 Å². The van der Waals surface area contributed by atoms with Crippen LogP contribution < -0.4 is 0 Å². The second-order valence-corrected chi connectivity index (χ2v) is 1.23. The Morgan fingerprint density at radius 3 is 2.50 bits per heavy atom. The van der Waals surface area contributed by atoms with Gasteiger partial charge in [-0.05, 0) is 13.8 Å². The molecule has 41 valence electrons. The quantitative estimate of drug-likeness (QED) is 0.351. The third-order valence-corrected chi connectivity index (χ3v) is 0.627. The molecule has 0 aromatic rings. The SMILES string of the molecule is CC#C[CH]CC#CC. The summed E-state index contributed by atoms with van der Waals surface area (Å²) in [5.41, 5.74) is 0. The van der Waals surface area contributed by atoms with Crippen LogP contribution in [0.5, 0.6) is 0 Å². The number of rotatable bonds is 1. The molecule has 8 heavy (non-hydrogen) atoms. The summed E-state index contributed by atoms with van der Waals surface area (Å²) in [6.45, 7) is 3.64. The summed E-state index contributed by atoms with van der Waals surface area (Å²) in [7, 11) is 0. The summed E-state index contributed by atoms with van der Waals surface area (Å²) in [4.78, 5) is 0. The molecule has 0 aliphatic heterocycles. The van der Waals surface area contributed by atoms with Gasteiger partial charge in [0.15, 0.2) is 0 Å². The van der Waals surface area contributed by atoms with Gasteiger partial charge in [-0.15, -0.1) is 17.8 Å². The standard InChI is InChI=1S/C8H9/c1-3-5-7-8-6-4-2/h7H,8H2,1-2H3. The molecule has 0 spiro atoms. The fraction of sp³-hybridized carbons (Fsp3) is 0.375. The monoisotopic (exact) mass is 105 g/mol. The summed E-state index contributed by atoms with van der Waals surface area (Å²) >= 11 is 0. The highest BCUT2D eigenvalue weighted by atomic mass is 13.7. The molecule has 1 radical (unpaired) electrons. The van der Waals surface area contributed by atoms with Crippen LogP contribution in [0.3, 0.4) is 0 Å². The second kappa shape index (κ2) is 6.12. The molecule has 0 unspecified atom stereocenters. The lowest BCUT2D eigenvalue weighted by Gasteiger charge is -1.73. The van der Waals surface area contributed by atoms with E-state index in [2.05, 4.69) is 23.7 Å². The smallest absolute Gasteiger partial charge is 0.0458 e. The normalized spacial score (nSPS) is 5.75. The Morgan fingerprint density at radius 2 is 2.00 bits per heavy atom. The van der Waals surface area contributed by atoms with Crippen LogP contribution in [0.2, 0.25) is 0 Å². The molecule has 0 saturated carbocycles. The summed E-state index contributed by atoms with van der Waals surface area (Å²) in [5, 5.41) is 0. The molecule has 0 fully saturated rings. The lowest BCUT2D eigenvalue weighted by molar-refractivity contribution is 1.37. The molecule has 0 atom stereocenters. The van der Waals surface area contributed by atoms with Gasteiger partial charge in [-0.2, -0.15) is 0 Å². The average Bonchev–Trinajstić information content (AvgIpc) is 1.81. The molecule has 0 heterocycles. The first kappa shape index (κ1) is 7.12. The Balaban J connectivity index is 3.10. The minimum Gasteiger partial charge on any atom is -0.107 e. The molecule has 0 amide bonds. The molecule has 0 nitrogen and oxygen atoms in total. The lowest BCUT2D eigenvalue weighted by Crippen LogP contribution is -1.64. The van der Waals surface area contributed by atoms with E-state index in [1.54, 1.807) is 0 Å². The number of hydrogen-bond donors (Lipinski definition) is 0. The predicted octanol–water partition coefficient (Wildman–Crippen LogP) is 1.63. The van der Waals surface area contributed by atoms with Crippen molar-refractivity contribution >= 4 is 0 Å². The van der Waals surface area contributed by atoms with Gasteiger partial charge in [0, 0.05) is 12.8 Å². The van der Waals surface area contributed by atoms with Crippen molar-refractivity contribution in [2.24, 2.45) is 0 Å². The third kappa shape index (κ3) is 5.12. The highest BCUT2D eigenvalue weighted by Gasteiger charge is 1.70. The summed E-state index contributed by atoms with van der Waals surface area (Å²) in [6, 6.07) is 0. The van der Waals surface area contributed by atoms with Crippen molar-refractivity contribution in [3.8, 4) is 23.7 Å². The maximum Gasteiger partial charge on any atom is 0.0458 e. The van der Waals surface area contributed by atoms with Crippen LogP contribution >= 0.6 is 0 Å². The molecular formula is C8H9. The van der Waals surface area contributed by atoms with E-state index in [1.165, 1.54) is 0 Å². The van der Waals surface area contributed by atoms with Gasteiger partial charge in [0.2, 0.25) is 0 Å². The Hall–Kier alpha value is -0.880. The maximum atomic E-state index is 2.88. The largest absolute Gasteiger partial charge is 0.107 e. The van der Waals surface area contributed by atoms with Crippen molar-refractivity contribution in [1.82, 2.24) is 0 Å². The summed E-state index contributed by atoms with van der Waals surface area (Å²) < 4.78 is 0. The zero-order valence-electron chi connectivity index (χ0n) is 5.28. The van der Waals surface area contributed by atoms with E-state index in [4.69, 9.17) is 0 Å². The summed E-state index contributed by atoms with van der Waals surface area (Å²) in [6.07, 6.45) is 2.65. The first-order valence-corrected chi connectivity index (χ1v) is 2.55. The van der Waals surface area contributed by atoms with Crippen LogP contribution in [-0.4, -0.2) is 0 Å². The zero-order chi connectivity index (χ0) is 6.24. The van der Waals surface area contributed by atoms with Crippen LogP contribution in [0.4, 0.5) is 0 Å². The van der Waals surface area contributed by atoms with Gasteiger partial charge < -0.3 is 0 Å².